The summed E-state index contributed by atoms with van der Waals surface area (Å²) in [5.74, 6) is 2.00. The van der Waals surface area contributed by atoms with E-state index in [4.69, 9.17) is 15.0 Å². The van der Waals surface area contributed by atoms with E-state index in [-0.39, 0.29) is 11.5 Å². The van der Waals surface area contributed by atoms with Gasteiger partial charge >= 0.3 is 0 Å². The van der Waals surface area contributed by atoms with Crippen molar-refractivity contribution in [3.05, 3.63) is 29.7 Å². The number of ether oxygens (including phenoxy) is 1. The number of aromatic nitrogens is 2. The lowest BCUT2D eigenvalue weighted by molar-refractivity contribution is 0.286. The quantitative estimate of drug-likeness (QED) is 0.936. The Balaban J connectivity index is 2.18. The number of benzene rings is 1. The lowest BCUT2D eigenvalue weighted by Gasteiger charge is -2.25. The molecule has 0 bridgehead atoms. The largest absolute Gasteiger partial charge is 0.496 e. The van der Waals surface area contributed by atoms with Gasteiger partial charge in [-0.2, -0.15) is 4.98 Å². The molecule has 0 aliphatic carbocycles. The van der Waals surface area contributed by atoms with E-state index < -0.39 is 0 Å². The maximum atomic E-state index is 6.15. The van der Waals surface area contributed by atoms with Crippen LogP contribution < -0.4 is 10.5 Å². The summed E-state index contributed by atoms with van der Waals surface area (Å²) in [7, 11) is 1.66. The number of nitrogens with zero attached hydrogens (tertiary/aromatic N) is 2. The zero-order chi connectivity index (χ0) is 15.6. The standard InChI is InChI=1S/C16H23N3O2/c1-10-8-11(6-7-12(10)20-5)15-18-14(21-19-15)9-13(17)16(2,3)4/h6-8,13H,9,17H2,1-5H3. The third kappa shape index (κ3) is 3.61. The first-order valence-electron chi connectivity index (χ1n) is 7.04. The average Bonchev–Trinajstić information content (AvgIpc) is 2.86. The topological polar surface area (TPSA) is 74.2 Å². The Morgan fingerprint density at radius 2 is 2.05 bits per heavy atom. The average molecular weight is 289 g/mol. The van der Waals surface area contributed by atoms with Crippen LogP contribution in [0.3, 0.4) is 0 Å². The minimum atomic E-state index is -0.0246. The number of nitrogens with two attached hydrogens (primary N) is 1. The zero-order valence-electron chi connectivity index (χ0n) is 13.3. The molecule has 0 saturated heterocycles. The first kappa shape index (κ1) is 15.5. The molecule has 5 nitrogen and oxygen atoms in total. The third-order valence-corrected chi connectivity index (χ3v) is 3.63. The molecule has 21 heavy (non-hydrogen) atoms. The predicted octanol–water partition coefficient (Wildman–Crippen LogP) is 2.97. The smallest absolute Gasteiger partial charge is 0.228 e. The van der Waals surface area contributed by atoms with Gasteiger partial charge < -0.3 is 15.0 Å². The number of hydrogen-bond donors (Lipinski definition) is 1. The van der Waals surface area contributed by atoms with Crippen LogP contribution in [-0.2, 0) is 6.42 Å². The fraction of sp³-hybridized carbons (Fsp3) is 0.500. The number of hydrogen-bond acceptors (Lipinski definition) is 5. The van der Waals surface area contributed by atoms with Crippen molar-refractivity contribution in [1.29, 1.82) is 0 Å². The summed E-state index contributed by atoms with van der Waals surface area (Å²) in [6, 6.07) is 5.78. The molecular formula is C16H23N3O2. The Morgan fingerprint density at radius 1 is 1.33 bits per heavy atom. The van der Waals surface area contributed by atoms with Crippen LogP contribution in [0.1, 0.15) is 32.2 Å². The molecule has 1 aromatic heterocycles. The van der Waals surface area contributed by atoms with Crippen LogP contribution in [0.2, 0.25) is 0 Å². The minimum Gasteiger partial charge on any atom is -0.496 e. The maximum absolute atomic E-state index is 6.15. The second kappa shape index (κ2) is 5.85. The summed E-state index contributed by atoms with van der Waals surface area (Å²) in [6.07, 6.45) is 0.575. The Kier molecular flexibility index (Phi) is 4.32. The highest BCUT2D eigenvalue weighted by atomic mass is 16.5. The second-order valence-corrected chi connectivity index (χ2v) is 6.37. The number of aryl methyl sites for hydroxylation is 1. The van der Waals surface area contributed by atoms with Crippen molar-refractivity contribution in [1.82, 2.24) is 10.1 Å². The van der Waals surface area contributed by atoms with Gasteiger partial charge in [0, 0.05) is 18.0 Å². The van der Waals surface area contributed by atoms with Gasteiger partial charge in [-0.1, -0.05) is 25.9 Å². The highest BCUT2D eigenvalue weighted by molar-refractivity contribution is 5.58. The van der Waals surface area contributed by atoms with Crippen LogP contribution in [0.5, 0.6) is 5.75 Å². The van der Waals surface area contributed by atoms with Gasteiger partial charge in [0.15, 0.2) is 0 Å². The van der Waals surface area contributed by atoms with Crippen LogP contribution in [0.4, 0.5) is 0 Å². The van der Waals surface area contributed by atoms with Crippen molar-refractivity contribution >= 4 is 0 Å². The molecule has 114 valence electrons. The van der Waals surface area contributed by atoms with Gasteiger partial charge in [0.05, 0.1) is 7.11 Å². The van der Waals surface area contributed by atoms with E-state index in [0.717, 1.165) is 16.9 Å². The number of rotatable bonds is 4. The molecule has 2 N–H and O–H groups in total. The predicted molar refractivity (Wildman–Crippen MR) is 82.2 cm³/mol. The van der Waals surface area contributed by atoms with E-state index in [1.807, 2.05) is 25.1 Å². The highest BCUT2D eigenvalue weighted by Gasteiger charge is 2.23. The molecule has 1 unspecified atom stereocenters. The molecule has 0 aliphatic heterocycles. The summed E-state index contributed by atoms with van der Waals surface area (Å²) in [6.45, 7) is 8.28. The second-order valence-electron chi connectivity index (χ2n) is 6.37. The maximum Gasteiger partial charge on any atom is 0.228 e. The molecule has 5 heteroatoms. The van der Waals surface area contributed by atoms with E-state index in [9.17, 15) is 0 Å². The monoisotopic (exact) mass is 289 g/mol. The van der Waals surface area contributed by atoms with Gasteiger partial charge in [-0.25, -0.2) is 0 Å². The molecule has 0 fully saturated rings. The zero-order valence-corrected chi connectivity index (χ0v) is 13.3. The Hall–Kier alpha value is -1.88. The summed E-state index contributed by atoms with van der Waals surface area (Å²) in [5.41, 5.74) is 8.10. The van der Waals surface area contributed by atoms with E-state index in [0.29, 0.717) is 18.1 Å². The molecule has 0 aliphatic rings. The summed E-state index contributed by atoms with van der Waals surface area (Å²) in [4.78, 5) is 4.43. The molecule has 0 radical (unpaired) electrons. The molecule has 1 atom stereocenters. The van der Waals surface area contributed by atoms with E-state index in [1.165, 1.54) is 0 Å². The van der Waals surface area contributed by atoms with Gasteiger partial charge in [0.1, 0.15) is 5.75 Å². The van der Waals surface area contributed by atoms with E-state index in [2.05, 4.69) is 30.9 Å². The van der Waals surface area contributed by atoms with Crippen molar-refractivity contribution < 1.29 is 9.26 Å². The van der Waals surface area contributed by atoms with Gasteiger partial charge in [-0.05, 0) is 36.1 Å². The van der Waals surface area contributed by atoms with Gasteiger partial charge in [0.2, 0.25) is 11.7 Å². The lowest BCUT2D eigenvalue weighted by atomic mass is 9.85. The van der Waals surface area contributed by atoms with E-state index in [1.54, 1.807) is 7.11 Å². The summed E-state index contributed by atoms with van der Waals surface area (Å²) >= 11 is 0. The van der Waals surface area contributed by atoms with Gasteiger partial charge in [-0.3, -0.25) is 0 Å². The normalized spacial score (nSPS) is 13.2. The van der Waals surface area contributed by atoms with Crippen molar-refractivity contribution in [2.45, 2.75) is 40.2 Å². The van der Waals surface area contributed by atoms with Crippen LogP contribution in [0, 0.1) is 12.3 Å². The minimum absolute atomic E-state index is 0.00529. The highest BCUT2D eigenvalue weighted by Crippen LogP contribution is 2.25. The van der Waals surface area contributed by atoms with E-state index >= 15 is 0 Å². The third-order valence-electron chi connectivity index (χ3n) is 3.63. The first-order valence-corrected chi connectivity index (χ1v) is 7.04. The van der Waals surface area contributed by atoms with Crippen LogP contribution >= 0.6 is 0 Å². The SMILES string of the molecule is COc1ccc(-c2noc(CC(N)C(C)(C)C)n2)cc1C. The van der Waals surface area contributed by atoms with Crippen molar-refractivity contribution in [2.24, 2.45) is 11.1 Å². The molecule has 1 heterocycles. The molecule has 2 rings (SSSR count). The van der Waals surface area contributed by atoms with Gasteiger partial charge in [-0.15, -0.1) is 0 Å². The molecule has 0 saturated carbocycles. The molecule has 0 spiro atoms. The summed E-state index contributed by atoms with van der Waals surface area (Å²) < 4.78 is 10.6. The van der Waals surface area contributed by atoms with Crippen LogP contribution in [0.15, 0.2) is 22.7 Å². The van der Waals surface area contributed by atoms with Crippen molar-refractivity contribution in [3.63, 3.8) is 0 Å². The summed E-state index contributed by atoms with van der Waals surface area (Å²) in [5, 5.41) is 4.04. The van der Waals surface area contributed by atoms with Gasteiger partial charge in [0.25, 0.3) is 0 Å². The fourth-order valence-corrected chi connectivity index (χ4v) is 1.97. The molecule has 1 aromatic carbocycles. The number of methoxy groups -OCH3 is 1. The van der Waals surface area contributed by atoms with Crippen molar-refractivity contribution in [3.8, 4) is 17.1 Å². The Morgan fingerprint density at radius 3 is 2.62 bits per heavy atom. The Labute approximate surface area is 125 Å². The molecular weight excluding hydrogens is 266 g/mol. The molecule has 2 aromatic rings. The molecule has 0 amide bonds. The Bertz CT molecular complexity index is 614. The van der Waals surface area contributed by atoms with Crippen LogP contribution in [0.25, 0.3) is 11.4 Å². The van der Waals surface area contributed by atoms with Crippen molar-refractivity contribution in [2.75, 3.05) is 7.11 Å². The first-order chi connectivity index (χ1) is 9.81. The lowest BCUT2D eigenvalue weighted by Crippen LogP contribution is -2.36. The van der Waals surface area contributed by atoms with Crippen LogP contribution in [-0.4, -0.2) is 23.3 Å². The fourth-order valence-electron chi connectivity index (χ4n) is 1.97.